The third-order valence-electron chi connectivity index (χ3n) is 4.07. The van der Waals surface area contributed by atoms with E-state index in [1.54, 1.807) is 24.3 Å². The predicted molar refractivity (Wildman–Crippen MR) is 75.6 cm³/mol. The number of aliphatic hydroxyl groups excluding tert-OH is 1. The first-order valence-electron chi connectivity index (χ1n) is 6.86. The molecule has 0 aromatic heterocycles. The van der Waals surface area contributed by atoms with Gasteiger partial charge in [-0.05, 0) is 42.4 Å². The van der Waals surface area contributed by atoms with Crippen LogP contribution in [-0.2, 0) is 9.84 Å². The van der Waals surface area contributed by atoms with Gasteiger partial charge in [0.2, 0.25) is 0 Å². The largest absolute Gasteiger partial charge is 0.388 e. The van der Waals surface area contributed by atoms with Crippen LogP contribution in [0.15, 0.2) is 29.2 Å². The molecule has 0 bridgehead atoms. The van der Waals surface area contributed by atoms with E-state index >= 15 is 0 Å². The molecular formula is C15H22O3S. The second-order valence-corrected chi connectivity index (χ2v) is 7.83. The van der Waals surface area contributed by atoms with Gasteiger partial charge in [0.1, 0.15) is 0 Å². The highest BCUT2D eigenvalue weighted by molar-refractivity contribution is 7.90. The molecule has 1 aliphatic carbocycles. The molecule has 3 atom stereocenters. The van der Waals surface area contributed by atoms with Crippen LogP contribution in [0.4, 0.5) is 0 Å². The van der Waals surface area contributed by atoms with Crippen LogP contribution in [-0.4, -0.2) is 19.8 Å². The van der Waals surface area contributed by atoms with Crippen LogP contribution in [0.25, 0.3) is 0 Å². The van der Waals surface area contributed by atoms with E-state index in [9.17, 15) is 13.5 Å². The minimum absolute atomic E-state index is 0.299. The minimum Gasteiger partial charge on any atom is -0.388 e. The maximum Gasteiger partial charge on any atom is 0.175 e. The molecule has 4 heteroatoms. The molecule has 0 heterocycles. The Morgan fingerprint density at radius 2 is 1.84 bits per heavy atom. The second kappa shape index (κ2) is 5.63. The van der Waals surface area contributed by atoms with Gasteiger partial charge in [0.05, 0.1) is 11.0 Å². The van der Waals surface area contributed by atoms with E-state index in [0.717, 1.165) is 18.4 Å². The fourth-order valence-electron chi connectivity index (χ4n) is 2.95. The summed E-state index contributed by atoms with van der Waals surface area (Å²) in [6.07, 6.45) is 5.24. The number of hydrogen-bond acceptors (Lipinski definition) is 3. The normalized spacial score (nSPS) is 26.1. The summed E-state index contributed by atoms with van der Waals surface area (Å²) in [5.74, 6) is 0.969. The molecule has 1 N–H and O–H groups in total. The zero-order valence-electron chi connectivity index (χ0n) is 11.5. The van der Waals surface area contributed by atoms with E-state index in [1.807, 2.05) is 0 Å². The summed E-state index contributed by atoms with van der Waals surface area (Å²) < 4.78 is 22.8. The highest BCUT2D eigenvalue weighted by Crippen LogP contribution is 2.37. The Hall–Kier alpha value is -0.870. The molecule has 2 rings (SSSR count). The van der Waals surface area contributed by atoms with Gasteiger partial charge in [-0.3, -0.25) is 0 Å². The average molecular weight is 282 g/mol. The number of hydrogen-bond donors (Lipinski definition) is 1. The summed E-state index contributed by atoms with van der Waals surface area (Å²) in [6.45, 7) is 2.23. The van der Waals surface area contributed by atoms with Crippen molar-refractivity contribution in [3.05, 3.63) is 29.8 Å². The monoisotopic (exact) mass is 282 g/mol. The van der Waals surface area contributed by atoms with Gasteiger partial charge in [0, 0.05) is 6.26 Å². The van der Waals surface area contributed by atoms with Crippen LogP contribution in [0.2, 0.25) is 0 Å². The average Bonchev–Trinajstić information content (AvgIpc) is 2.37. The first kappa shape index (κ1) is 14.5. The molecule has 0 amide bonds. The van der Waals surface area contributed by atoms with Crippen LogP contribution in [0.1, 0.15) is 44.3 Å². The Balaban J connectivity index is 2.13. The van der Waals surface area contributed by atoms with Crippen molar-refractivity contribution in [1.29, 1.82) is 0 Å². The molecule has 0 radical (unpaired) electrons. The van der Waals surface area contributed by atoms with E-state index < -0.39 is 15.9 Å². The van der Waals surface area contributed by atoms with Gasteiger partial charge in [-0.1, -0.05) is 31.9 Å². The van der Waals surface area contributed by atoms with Crippen LogP contribution >= 0.6 is 0 Å². The Labute approximate surface area is 115 Å². The van der Waals surface area contributed by atoms with Crippen molar-refractivity contribution in [2.45, 2.75) is 43.6 Å². The summed E-state index contributed by atoms with van der Waals surface area (Å²) in [6, 6.07) is 6.64. The predicted octanol–water partition coefficient (Wildman–Crippen LogP) is 2.95. The van der Waals surface area contributed by atoms with Crippen molar-refractivity contribution in [2.24, 2.45) is 11.8 Å². The van der Waals surface area contributed by atoms with Gasteiger partial charge >= 0.3 is 0 Å². The molecule has 1 aromatic rings. The van der Waals surface area contributed by atoms with Crippen molar-refractivity contribution in [3.8, 4) is 0 Å². The highest BCUT2D eigenvalue weighted by atomic mass is 32.2. The molecule has 0 spiro atoms. The maximum absolute atomic E-state index is 11.4. The summed E-state index contributed by atoms with van der Waals surface area (Å²) in [5, 5.41) is 10.4. The first-order valence-corrected chi connectivity index (χ1v) is 8.75. The standard InChI is InChI=1S/C15H22O3S/c1-11-4-3-5-13(10-11)15(16)12-6-8-14(9-7-12)19(2,17)18/h6-9,11,13,15-16H,3-5,10H2,1-2H3. The highest BCUT2D eigenvalue weighted by Gasteiger charge is 2.26. The molecule has 1 aromatic carbocycles. The van der Waals surface area contributed by atoms with Gasteiger partial charge in [-0.2, -0.15) is 0 Å². The zero-order valence-corrected chi connectivity index (χ0v) is 12.4. The number of sulfone groups is 1. The van der Waals surface area contributed by atoms with Gasteiger partial charge in [0.15, 0.2) is 9.84 Å². The number of aliphatic hydroxyl groups is 1. The molecule has 0 saturated heterocycles. The molecular weight excluding hydrogens is 260 g/mol. The van der Waals surface area contributed by atoms with Crippen molar-refractivity contribution in [1.82, 2.24) is 0 Å². The van der Waals surface area contributed by atoms with E-state index in [2.05, 4.69) is 6.92 Å². The summed E-state index contributed by atoms with van der Waals surface area (Å²) >= 11 is 0. The third-order valence-corrected chi connectivity index (χ3v) is 5.20. The smallest absolute Gasteiger partial charge is 0.175 e. The summed E-state index contributed by atoms with van der Waals surface area (Å²) in [5.41, 5.74) is 0.825. The molecule has 1 saturated carbocycles. The van der Waals surface area contributed by atoms with E-state index in [1.165, 1.54) is 19.1 Å². The Bertz CT molecular complexity index is 519. The minimum atomic E-state index is -3.16. The van der Waals surface area contributed by atoms with E-state index in [4.69, 9.17) is 0 Å². The SMILES string of the molecule is CC1CCCC(C(O)c2ccc(S(C)(=O)=O)cc2)C1. The van der Waals surface area contributed by atoms with Crippen molar-refractivity contribution < 1.29 is 13.5 Å². The fraction of sp³-hybridized carbons (Fsp3) is 0.600. The molecule has 19 heavy (non-hydrogen) atoms. The lowest BCUT2D eigenvalue weighted by Gasteiger charge is -2.30. The Morgan fingerprint density at radius 3 is 2.37 bits per heavy atom. The van der Waals surface area contributed by atoms with Crippen LogP contribution in [0, 0.1) is 11.8 Å². The second-order valence-electron chi connectivity index (χ2n) is 5.82. The lowest BCUT2D eigenvalue weighted by atomic mass is 9.78. The zero-order chi connectivity index (χ0) is 14.0. The van der Waals surface area contributed by atoms with Crippen LogP contribution in [0.3, 0.4) is 0 Å². The number of benzene rings is 1. The van der Waals surface area contributed by atoms with Gasteiger partial charge in [0.25, 0.3) is 0 Å². The van der Waals surface area contributed by atoms with Crippen molar-refractivity contribution in [2.75, 3.05) is 6.26 Å². The quantitative estimate of drug-likeness (QED) is 0.927. The van der Waals surface area contributed by atoms with Crippen molar-refractivity contribution in [3.63, 3.8) is 0 Å². The molecule has 0 aliphatic heterocycles. The van der Waals surface area contributed by atoms with Gasteiger partial charge < -0.3 is 5.11 Å². The Kier molecular flexibility index (Phi) is 4.31. The molecule has 3 nitrogen and oxygen atoms in total. The van der Waals surface area contributed by atoms with E-state index in [0.29, 0.717) is 16.7 Å². The van der Waals surface area contributed by atoms with Crippen LogP contribution in [0.5, 0.6) is 0 Å². The summed E-state index contributed by atoms with van der Waals surface area (Å²) in [7, 11) is -3.16. The summed E-state index contributed by atoms with van der Waals surface area (Å²) in [4.78, 5) is 0.306. The first-order chi connectivity index (χ1) is 8.88. The Morgan fingerprint density at radius 1 is 1.21 bits per heavy atom. The maximum atomic E-state index is 11.4. The van der Waals surface area contributed by atoms with E-state index in [-0.39, 0.29) is 0 Å². The lowest BCUT2D eigenvalue weighted by Crippen LogP contribution is -2.20. The fourth-order valence-corrected chi connectivity index (χ4v) is 3.58. The van der Waals surface area contributed by atoms with Crippen molar-refractivity contribution >= 4 is 9.84 Å². The van der Waals surface area contributed by atoms with Crippen LogP contribution < -0.4 is 0 Å². The lowest BCUT2D eigenvalue weighted by molar-refractivity contribution is 0.0714. The molecule has 106 valence electrons. The number of rotatable bonds is 3. The topological polar surface area (TPSA) is 54.4 Å². The molecule has 1 fully saturated rings. The molecule has 3 unspecified atom stereocenters. The van der Waals surface area contributed by atoms with Gasteiger partial charge in [-0.25, -0.2) is 8.42 Å². The van der Waals surface area contributed by atoms with Gasteiger partial charge in [-0.15, -0.1) is 0 Å². The molecule has 1 aliphatic rings. The third kappa shape index (κ3) is 3.57.